The highest BCUT2D eigenvalue weighted by molar-refractivity contribution is 7.22. The number of Topliss-reactive ketones (excluding diaryl/α,β-unsaturated/α-hetero) is 1. The van der Waals surface area contributed by atoms with Gasteiger partial charge in [-0.1, -0.05) is 29.5 Å². The molecule has 1 fully saturated rings. The van der Waals surface area contributed by atoms with E-state index in [0.717, 1.165) is 15.8 Å². The van der Waals surface area contributed by atoms with E-state index >= 15 is 0 Å². The van der Waals surface area contributed by atoms with Gasteiger partial charge in [-0.2, -0.15) is 0 Å². The number of thiazole rings is 1. The van der Waals surface area contributed by atoms with Gasteiger partial charge in [0.15, 0.2) is 5.13 Å². The molecule has 1 aromatic heterocycles. The zero-order valence-electron chi connectivity index (χ0n) is 20.0. The average molecular weight is 501 g/mol. The Morgan fingerprint density at radius 2 is 1.83 bits per heavy atom. The van der Waals surface area contributed by atoms with E-state index in [4.69, 9.17) is 9.47 Å². The molecule has 0 aliphatic carbocycles. The molecule has 0 radical (unpaired) electrons. The van der Waals surface area contributed by atoms with E-state index in [9.17, 15) is 14.7 Å². The molecule has 0 spiro atoms. The Labute approximate surface area is 212 Å². The molecular weight excluding hydrogens is 476 g/mol. The summed E-state index contributed by atoms with van der Waals surface area (Å²) >= 11 is 1.33. The Morgan fingerprint density at radius 1 is 1.06 bits per heavy atom. The predicted molar refractivity (Wildman–Crippen MR) is 140 cm³/mol. The fourth-order valence-electron chi connectivity index (χ4n) is 4.31. The molecule has 1 aliphatic heterocycles. The van der Waals surface area contributed by atoms with Gasteiger partial charge in [0.2, 0.25) is 0 Å². The lowest BCUT2D eigenvalue weighted by Gasteiger charge is -2.23. The summed E-state index contributed by atoms with van der Waals surface area (Å²) in [6.45, 7) is 4.37. The molecule has 2 heterocycles. The summed E-state index contributed by atoms with van der Waals surface area (Å²) in [7, 11) is 1.55. The number of hydrogen-bond donors (Lipinski definition) is 1. The monoisotopic (exact) mass is 500 g/mol. The van der Waals surface area contributed by atoms with Crippen LogP contribution >= 0.6 is 11.3 Å². The van der Waals surface area contributed by atoms with Crippen molar-refractivity contribution in [3.05, 3.63) is 89.0 Å². The quantitative estimate of drug-likeness (QED) is 0.209. The first-order chi connectivity index (χ1) is 17.4. The Morgan fingerprint density at radius 3 is 2.56 bits per heavy atom. The van der Waals surface area contributed by atoms with Crippen LogP contribution < -0.4 is 14.4 Å². The molecule has 1 aliphatic rings. The van der Waals surface area contributed by atoms with Crippen molar-refractivity contribution in [1.82, 2.24) is 4.98 Å². The van der Waals surface area contributed by atoms with Crippen LogP contribution in [0.15, 0.2) is 72.3 Å². The Hall–Kier alpha value is -4.17. The van der Waals surface area contributed by atoms with E-state index in [1.807, 2.05) is 32.0 Å². The standard InChI is InChI=1S/C28H24N2O5S/c1-4-35-19-11-9-17(10-12-19)25(31)23-24(18-6-5-7-20(15-18)34-3)30(27(33)26(23)32)28-29-21-13-8-16(2)14-22(21)36-28/h5-15,24,31H,4H2,1-3H3/b25-23+/t24-/m1/s1. The van der Waals surface area contributed by atoms with Crippen molar-refractivity contribution < 1.29 is 24.2 Å². The number of nitrogens with zero attached hydrogens (tertiary/aromatic N) is 2. The highest BCUT2D eigenvalue weighted by atomic mass is 32.1. The van der Waals surface area contributed by atoms with Crippen molar-refractivity contribution in [2.75, 3.05) is 18.6 Å². The number of fused-ring (bicyclic) bond motifs is 1. The molecule has 1 amide bonds. The van der Waals surface area contributed by atoms with Gasteiger partial charge in [0.25, 0.3) is 5.78 Å². The number of ether oxygens (including phenoxy) is 2. The van der Waals surface area contributed by atoms with Gasteiger partial charge in [-0.3, -0.25) is 14.5 Å². The third-order valence-corrected chi connectivity index (χ3v) is 7.05. The molecule has 3 aromatic carbocycles. The largest absolute Gasteiger partial charge is 0.507 e. The number of carbonyl (C=O) groups is 2. The molecule has 5 rings (SSSR count). The van der Waals surface area contributed by atoms with Crippen molar-refractivity contribution in [2.45, 2.75) is 19.9 Å². The third kappa shape index (κ3) is 4.09. The molecule has 0 saturated carbocycles. The summed E-state index contributed by atoms with van der Waals surface area (Å²) in [4.78, 5) is 32.8. The zero-order chi connectivity index (χ0) is 25.4. The number of methoxy groups -OCH3 is 1. The molecule has 36 heavy (non-hydrogen) atoms. The number of aliphatic hydroxyl groups is 1. The van der Waals surface area contributed by atoms with Crippen LogP contribution in [-0.4, -0.2) is 35.5 Å². The first-order valence-corrected chi connectivity index (χ1v) is 12.3. The highest BCUT2D eigenvalue weighted by Gasteiger charge is 2.48. The molecule has 4 aromatic rings. The van der Waals surface area contributed by atoms with Crippen molar-refractivity contribution in [3.8, 4) is 11.5 Å². The first-order valence-electron chi connectivity index (χ1n) is 11.5. The van der Waals surface area contributed by atoms with Crippen molar-refractivity contribution in [1.29, 1.82) is 0 Å². The maximum atomic E-state index is 13.4. The molecule has 1 N–H and O–H groups in total. The number of hydrogen-bond acceptors (Lipinski definition) is 7. The summed E-state index contributed by atoms with van der Waals surface area (Å²) in [6, 6.07) is 18.8. The highest BCUT2D eigenvalue weighted by Crippen LogP contribution is 2.45. The third-order valence-electron chi connectivity index (χ3n) is 6.03. The van der Waals surface area contributed by atoms with Gasteiger partial charge in [0.05, 0.1) is 35.5 Å². The number of anilines is 1. The normalized spacial score (nSPS) is 17.1. The first kappa shape index (κ1) is 23.6. The van der Waals surface area contributed by atoms with Crippen LogP contribution in [0, 0.1) is 6.92 Å². The van der Waals surface area contributed by atoms with Gasteiger partial charge in [0, 0.05) is 5.56 Å². The number of aromatic nitrogens is 1. The van der Waals surface area contributed by atoms with Crippen LogP contribution in [0.1, 0.15) is 29.7 Å². The lowest BCUT2D eigenvalue weighted by molar-refractivity contribution is -0.132. The van der Waals surface area contributed by atoms with Crippen LogP contribution in [0.4, 0.5) is 5.13 Å². The predicted octanol–water partition coefficient (Wildman–Crippen LogP) is 5.64. The maximum Gasteiger partial charge on any atom is 0.301 e. The second-order valence-electron chi connectivity index (χ2n) is 8.37. The van der Waals surface area contributed by atoms with E-state index < -0.39 is 17.7 Å². The minimum atomic E-state index is -0.881. The molecule has 182 valence electrons. The Balaban J connectivity index is 1.69. The molecule has 0 unspecified atom stereocenters. The van der Waals surface area contributed by atoms with Gasteiger partial charge in [0.1, 0.15) is 17.3 Å². The number of rotatable bonds is 6. The van der Waals surface area contributed by atoms with Crippen molar-refractivity contribution in [2.24, 2.45) is 0 Å². The molecule has 1 atom stereocenters. The van der Waals surface area contributed by atoms with Crippen LogP contribution in [-0.2, 0) is 9.59 Å². The topological polar surface area (TPSA) is 89.0 Å². The van der Waals surface area contributed by atoms with E-state index in [0.29, 0.717) is 34.4 Å². The van der Waals surface area contributed by atoms with Gasteiger partial charge < -0.3 is 14.6 Å². The molecule has 0 bridgehead atoms. The average Bonchev–Trinajstić information content (AvgIpc) is 3.42. The fraction of sp³-hybridized carbons (Fsp3) is 0.179. The maximum absolute atomic E-state index is 13.4. The van der Waals surface area contributed by atoms with Gasteiger partial charge >= 0.3 is 5.91 Å². The lowest BCUT2D eigenvalue weighted by atomic mass is 9.95. The van der Waals surface area contributed by atoms with Crippen molar-refractivity contribution in [3.63, 3.8) is 0 Å². The second kappa shape index (κ2) is 9.47. The number of amides is 1. The van der Waals surface area contributed by atoms with E-state index in [1.165, 1.54) is 16.2 Å². The molecule has 8 heteroatoms. The van der Waals surface area contributed by atoms with E-state index in [2.05, 4.69) is 4.98 Å². The summed E-state index contributed by atoms with van der Waals surface area (Å²) < 4.78 is 11.8. The Bertz CT molecular complexity index is 1510. The minimum absolute atomic E-state index is 0.00662. The number of ketones is 1. The lowest BCUT2D eigenvalue weighted by Crippen LogP contribution is -2.29. The van der Waals surface area contributed by atoms with Gasteiger partial charge in [-0.25, -0.2) is 4.98 Å². The number of benzene rings is 3. The van der Waals surface area contributed by atoms with Gasteiger partial charge in [-0.15, -0.1) is 0 Å². The van der Waals surface area contributed by atoms with Crippen LogP contribution in [0.25, 0.3) is 16.0 Å². The minimum Gasteiger partial charge on any atom is -0.507 e. The Kier molecular flexibility index (Phi) is 6.20. The summed E-state index contributed by atoms with van der Waals surface area (Å²) in [5.74, 6) is -0.568. The fourth-order valence-corrected chi connectivity index (χ4v) is 5.40. The van der Waals surface area contributed by atoms with Crippen LogP contribution in [0.5, 0.6) is 11.5 Å². The second-order valence-corrected chi connectivity index (χ2v) is 9.38. The number of aliphatic hydroxyl groups excluding tert-OH is 1. The van der Waals surface area contributed by atoms with Crippen LogP contribution in [0.3, 0.4) is 0 Å². The van der Waals surface area contributed by atoms with E-state index in [-0.39, 0.29) is 11.3 Å². The summed E-state index contributed by atoms with van der Waals surface area (Å²) in [5, 5.41) is 11.7. The van der Waals surface area contributed by atoms with Crippen LogP contribution in [0.2, 0.25) is 0 Å². The summed E-state index contributed by atoms with van der Waals surface area (Å²) in [5.41, 5.74) is 2.83. The molecule has 7 nitrogen and oxygen atoms in total. The molecular formula is C28H24N2O5S. The number of aryl methyl sites for hydroxylation is 1. The molecule has 1 saturated heterocycles. The summed E-state index contributed by atoms with van der Waals surface area (Å²) in [6.07, 6.45) is 0. The van der Waals surface area contributed by atoms with E-state index in [1.54, 1.807) is 55.6 Å². The number of carbonyl (C=O) groups excluding carboxylic acids is 2. The van der Waals surface area contributed by atoms with Gasteiger partial charge in [-0.05, 0) is 73.5 Å². The zero-order valence-corrected chi connectivity index (χ0v) is 20.8. The smallest absolute Gasteiger partial charge is 0.301 e. The SMILES string of the molecule is CCOc1ccc(/C(O)=C2\C(=O)C(=O)N(c3nc4ccc(C)cc4s3)[C@@H]2c2cccc(OC)c2)cc1. The van der Waals surface area contributed by atoms with Crippen molar-refractivity contribution >= 4 is 44.1 Å².